The summed E-state index contributed by atoms with van der Waals surface area (Å²) in [6.45, 7) is 0. The Bertz CT molecular complexity index is 641. The van der Waals surface area contributed by atoms with Crippen molar-refractivity contribution < 1.29 is 4.79 Å². The molecule has 1 unspecified atom stereocenters. The van der Waals surface area contributed by atoms with Gasteiger partial charge in [-0.15, -0.1) is 0 Å². The van der Waals surface area contributed by atoms with Gasteiger partial charge in [0.2, 0.25) is 5.91 Å². The second-order valence-electron chi connectivity index (χ2n) is 6.60. The first kappa shape index (κ1) is 17.8. The van der Waals surface area contributed by atoms with E-state index in [2.05, 4.69) is 27.9 Å². The van der Waals surface area contributed by atoms with Crippen LogP contribution in [0.5, 0.6) is 0 Å². The average Bonchev–Trinajstić information content (AvgIpc) is 2.75. The fourth-order valence-corrected chi connectivity index (χ4v) is 5.30. The van der Waals surface area contributed by atoms with Crippen LogP contribution < -0.4 is 5.73 Å². The van der Waals surface area contributed by atoms with E-state index >= 15 is 0 Å². The van der Waals surface area contributed by atoms with Gasteiger partial charge in [-0.25, -0.2) is 0 Å². The number of hydrogen-bond acceptors (Lipinski definition) is 3. The number of hydrogen-bond donors (Lipinski definition) is 1. The van der Waals surface area contributed by atoms with Crippen LogP contribution in [0.3, 0.4) is 0 Å². The molecular weight excluding hydrogens is 386 g/mol. The van der Waals surface area contributed by atoms with Crippen LogP contribution in [-0.2, 0) is 0 Å². The van der Waals surface area contributed by atoms with Gasteiger partial charge in [0, 0.05) is 17.3 Å². The molecule has 0 radical (unpaired) electrons. The van der Waals surface area contributed by atoms with Crippen LogP contribution in [0, 0.1) is 0 Å². The summed E-state index contributed by atoms with van der Waals surface area (Å²) in [4.78, 5) is 18.7. The first-order chi connectivity index (χ1) is 11.6. The number of thioether (sulfide) groups is 1. The number of halogens is 1. The van der Waals surface area contributed by atoms with Gasteiger partial charge in [-0.05, 0) is 46.5 Å². The molecule has 24 heavy (non-hydrogen) atoms. The van der Waals surface area contributed by atoms with Gasteiger partial charge < -0.3 is 10.6 Å². The number of benzene rings is 1. The van der Waals surface area contributed by atoms with Gasteiger partial charge >= 0.3 is 0 Å². The van der Waals surface area contributed by atoms with Crippen LogP contribution in [0.1, 0.15) is 60.5 Å². The molecule has 3 rings (SSSR count). The summed E-state index contributed by atoms with van der Waals surface area (Å²) in [5, 5.41) is 1.15. The third-order valence-electron chi connectivity index (χ3n) is 4.90. The van der Waals surface area contributed by atoms with E-state index in [1.807, 2.05) is 23.9 Å². The molecule has 6 heteroatoms. The summed E-state index contributed by atoms with van der Waals surface area (Å²) in [6, 6.07) is 6.59. The zero-order chi connectivity index (χ0) is 17.1. The second-order valence-corrected chi connectivity index (χ2v) is 8.44. The van der Waals surface area contributed by atoms with E-state index in [0.717, 1.165) is 15.4 Å². The van der Waals surface area contributed by atoms with Crippen LogP contribution in [0.4, 0.5) is 0 Å². The fourth-order valence-electron chi connectivity index (χ4n) is 3.43. The van der Waals surface area contributed by atoms with Crippen molar-refractivity contribution in [1.29, 1.82) is 0 Å². The number of primary amides is 1. The van der Waals surface area contributed by atoms with Gasteiger partial charge in [0.25, 0.3) is 0 Å². The summed E-state index contributed by atoms with van der Waals surface area (Å²) in [5.41, 5.74) is 7.10. The highest BCUT2D eigenvalue weighted by molar-refractivity contribution is 9.10. The molecule has 1 aliphatic heterocycles. The van der Waals surface area contributed by atoms with Gasteiger partial charge in [0.1, 0.15) is 0 Å². The predicted molar refractivity (Wildman–Crippen MR) is 105 cm³/mol. The molecule has 1 atom stereocenters. The topological polar surface area (TPSA) is 58.7 Å². The first-order valence-corrected chi connectivity index (χ1v) is 10.4. The maximum absolute atomic E-state index is 11.4. The standard InChI is InChI=1S/C18H24BrN3OS/c1-22-16(12-8-9-14(17(20)23)15(19)10-12)11-24-18(22)21-13-6-4-2-3-5-7-13/h8-10,13,16H,2-7,11H2,1H3,(H2,20,23). The highest BCUT2D eigenvalue weighted by Crippen LogP contribution is 2.36. The zero-order valence-electron chi connectivity index (χ0n) is 14.0. The Kier molecular flexibility index (Phi) is 5.87. The van der Waals surface area contributed by atoms with E-state index in [-0.39, 0.29) is 6.04 Å². The van der Waals surface area contributed by atoms with E-state index in [4.69, 9.17) is 10.7 Å². The molecule has 1 saturated heterocycles. The molecule has 2 aliphatic rings. The lowest BCUT2D eigenvalue weighted by Gasteiger charge is -2.23. The summed E-state index contributed by atoms with van der Waals surface area (Å²) >= 11 is 5.30. The molecule has 1 aromatic rings. The van der Waals surface area contributed by atoms with Crippen molar-refractivity contribution in [1.82, 2.24) is 4.90 Å². The van der Waals surface area contributed by atoms with Crippen LogP contribution in [0.15, 0.2) is 27.7 Å². The van der Waals surface area contributed by atoms with Crippen LogP contribution in [-0.4, -0.2) is 34.8 Å². The van der Waals surface area contributed by atoms with Gasteiger partial charge in [-0.2, -0.15) is 0 Å². The van der Waals surface area contributed by atoms with E-state index in [1.165, 1.54) is 44.1 Å². The SMILES string of the molecule is CN1C(=NC2CCCCCC2)SCC1c1ccc(C(N)=O)c(Br)c1. The number of aliphatic imine (C=N–C) groups is 1. The van der Waals surface area contributed by atoms with Gasteiger partial charge in [-0.1, -0.05) is 43.5 Å². The molecule has 1 heterocycles. The van der Waals surface area contributed by atoms with E-state index in [0.29, 0.717) is 11.6 Å². The van der Waals surface area contributed by atoms with E-state index < -0.39 is 5.91 Å². The van der Waals surface area contributed by atoms with Crippen molar-refractivity contribution in [2.45, 2.75) is 50.6 Å². The number of carbonyl (C=O) groups is 1. The summed E-state index contributed by atoms with van der Waals surface area (Å²) in [6.07, 6.45) is 7.77. The number of rotatable bonds is 3. The smallest absolute Gasteiger partial charge is 0.249 e. The Labute approximate surface area is 156 Å². The maximum Gasteiger partial charge on any atom is 0.249 e. The van der Waals surface area contributed by atoms with Crippen molar-refractivity contribution in [2.75, 3.05) is 12.8 Å². The fraction of sp³-hybridized carbons (Fsp3) is 0.556. The highest BCUT2D eigenvalue weighted by atomic mass is 79.9. The lowest BCUT2D eigenvalue weighted by Crippen LogP contribution is -2.24. The number of carbonyl (C=O) groups excluding carboxylic acids is 1. The molecule has 1 aliphatic carbocycles. The van der Waals surface area contributed by atoms with Crippen LogP contribution in [0.2, 0.25) is 0 Å². The van der Waals surface area contributed by atoms with E-state index in [9.17, 15) is 4.79 Å². The quantitative estimate of drug-likeness (QED) is 0.754. The van der Waals surface area contributed by atoms with Crippen molar-refractivity contribution >= 4 is 38.8 Å². The molecule has 2 N–H and O–H groups in total. The number of amidine groups is 1. The van der Waals surface area contributed by atoms with Crippen molar-refractivity contribution in [3.63, 3.8) is 0 Å². The van der Waals surface area contributed by atoms with Gasteiger partial charge in [0.15, 0.2) is 5.17 Å². The van der Waals surface area contributed by atoms with Crippen molar-refractivity contribution in [2.24, 2.45) is 10.7 Å². The number of amides is 1. The lowest BCUT2D eigenvalue weighted by molar-refractivity contribution is 0.0999. The molecule has 4 nitrogen and oxygen atoms in total. The molecular formula is C18H24BrN3OS. The highest BCUT2D eigenvalue weighted by Gasteiger charge is 2.29. The first-order valence-electron chi connectivity index (χ1n) is 8.59. The Morgan fingerprint density at radius 2 is 2.00 bits per heavy atom. The third kappa shape index (κ3) is 3.97. The molecule has 1 amide bonds. The Hall–Kier alpha value is -1.01. The summed E-state index contributed by atoms with van der Waals surface area (Å²) < 4.78 is 0.764. The number of nitrogens with two attached hydrogens (primary N) is 1. The Balaban J connectivity index is 1.74. The van der Waals surface area contributed by atoms with Gasteiger partial charge in [-0.3, -0.25) is 9.79 Å². The minimum Gasteiger partial charge on any atom is -0.366 e. The molecule has 2 fully saturated rings. The second kappa shape index (κ2) is 7.91. The molecule has 1 saturated carbocycles. The molecule has 0 bridgehead atoms. The Morgan fingerprint density at radius 3 is 2.62 bits per heavy atom. The maximum atomic E-state index is 11.4. The Morgan fingerprint density at radius 1 is 1.29 bits per heavy atom. The average molecular weight is 410 g/mol. The lowest BCUT2D eigenvalue weighted by atomic mass is 10.1. The third-order valence-corrected chi connectivity index (χ3v) is 6.69. The van der Waals surface area contributed by atoms with Gasteiger partial charge in [0.05, 0.1) is 17.6 Å². The monoisotopic (exact) mass is 409 g/mol. The van der Waals surface area contributed by atoms with Crippen LogP contribution >= 0.6 is 27.7 Å². The van der Waals surface area contributed by atoms with Crippen LogP contribution in [0.25, 0.3) is 0 Å². The molecule has 0 spiro atoms. The largest absolute Gasteiger partial charge is 0.366 e. The minimum atomic E-state index is -0.404. The zero-order valence-corrected chi connectivity index (χ0v) is 16.4. The predicted octanol–water partition coefficient (Wildman–Crippen LogP) is 4.35. The molecule has 1 aromatic carbocycles. The minimum absolute atomic E-state index is 0.290. The number of nitrogens with zero attached hydrogens (tertiary/aromatic N) is 2. The van der Waals surface area contributed by atoms with Crippen molar-refractivity contribution in [3.8, 4) is 0 Å². The normalized spacial score (nSPS) is 24.3. The summed E-state index contributed by atoms with van der Waals surface area (Å²) in [5.74, 6) is 0.586. The van der Waals surface area contributed by atoms with E-state index in [1.54, 1.807) is 6.07 Å². The molecule has 130 valence electrons. The summed E-state index contributed by atoms with van der Waals surface area (Å²) in [7, 11) is 2.12. The molecule has 0 aromatic heterocycles. The van der Waals surface area contributed by atoms with Crippen molar-refractivity contribution in [3.05, 3.63) is 33.8 Å².